The van der Waals surface area contributed by atoms with Crippen LogP contribution in [-0.4, -0.2) is 55.8 Å². The number of hydrogen-bond donors (Lipinski definition) is 0. The summed E-state index contributed by atoms with van der Waals surface area (Å²) >= 11 is 3.40. The zero-order valence-corrected chi connectivity index (χ0v) is 21.3. The lowest BCUT2D eigenvalue weighted by molar-refractivity contribution is -0.118. The van der Waals surface area contributed by atoms with Gasteiger partial charge in [-0.1, -0.05) is 17.4 Å². The number of anilines is 1. The highest BCUT2D eigenvalue weighted by molar-refractivity contribution is 7.99. The summed E-state index contributed by atoms with van der Waals surface area (Å²) < 4.78 is 6.38. The molecule has 32 heavy (non-hydrogen) atoms. The topological polar surface area (TPSA) is 45.7 Å². The monoisotopic (exact) mass is 471 g/mol. The number of aromatic nitrogens is 1. The number of thiazole rings is 1. The first kappa shape index (κ1) is 24.6. The van der Waals surface area contributed by atoms with E-state index in [-0.39, 0.29) is 5.91 Å². The molecular formula is C25H33N3O2S2. The minimum atomic E-state index is 0.160. The Labute approximate surface area is 199 Å². The van der Waals surface area contributed by atoms with E-state index in [1.54, 1.807) is 30.2 Å². The van der Waals surface area contributed by atoms with Gasteiger partial charge in [-0.15, -0.1) is 11.8 Å². The molecule has 0 aliphatic heterocycles. The highest BCUT2D eigenvalue weighted by atomic mass is 32.2. The van der Waals surface area contributed by atoms with Gasteiger partial charge in [-0.2, -0.15) is 0 Å². The molecule has 3 rings (SSSR count). The van der Waals surface area contributed by atoms with Gasteiger partial charge >= 0.3 is 0 Å². The fourth-order valence-electron chi connectivity index (χ4n) is 3.57. The van der Waals surface area contributed by atoms with Gasteiger partial charge in [-0.05, 0) is 94.5 Å². The molecular weight excluding hydrogens is 438 g/mol. The molecule has 0 saturated carbocycles. The minimum absolute atomic E-state index is 0.160. The third kappa shape index (κ3) is 6.70. The van der Waals surface area contributed by atoms with E-state index < -0.39 is 0 Å². The quantitative estimate of drug-likeness (QED) is 0.262. The van der Waals surface area contributed by atoms with E-state index in [9.17, 15) is 4.79 Å². The fourth-order valence-corrected chi connectivity index (χ4v) is 5.48. The van der Waals surface area contributed by atoms with Crippen molar-refractivity contribution in [3.63, 3.8) is 0 Å². The standard InChI is InChI=1S/C25H33N3O2S2/c1-18-16-19(2)24-22(17-18)26-25(32-24)28(14-7-13-27(3)4)23(29)8-6-15-31-21-11-9-20(30-5)10-12-21/h9-12,16-17H,6-8,13-15H2,1-5H3. The summed E-state index contributed by atoms with van der Waals surface area (Å²) in [5.41, 5.74) is 3.41. The number of carbonyl (C=O) groups excluding carboxylic acids is 1. The van der Waals surface area contributed by atoms with Crippen molar-refractivity contribution in [1.29, 1.82) is 0 Å². The van der Waals surface area contributed by atoms with E-state index in [0.717, 1.165) is 41.5 Å². The normalized spacial score (nSPS) is 11.3. The fraction of sp³-hybridized carbons (Fsp3) is 0.440. The van der Waals surface area contributed by atoms with Crippen LogP contribution in [0.3, 0.4) is 0 Å². The molecule has 0 radical (unpaired) electrons. The maximum Gasteiger partial charge on any atom is 0.228 e. The third-order valence-electron chi connectivity index (χ3n) is 5.19. The summed E-state index contributed by atoms with van der Waals surface area (Å²) in [5, 5.41) is 0.820. The van der Waals surface area contributed by atoms with Crippen molar-refractivity contribution in [3.8, 4) is 5.75 Å². The lowest BCUT2D eigenvalue weighted by Gasteiger charge is -2.21. The maximum absolute atomic E-state index is 13.2. The van der Waals surface area contributed by atoms with Crippen LogP contribution >= 0.6 is 23.1 Å². The molecule has 1 aromatic heterocycles. The highest BCUT2D eigenvalue weighted by Crippen LogP contribution is 2.33. The van der Waals surface area contributed by atoms with Gasteiger partial charge in [0.15, 0.2) is 5.13 Å². The SMILES string of the molecule is COc1ccc(SCCCC(=O)N(CCCN(C)C)c2nc3cc(C)cc(C)c3s2)cc1. The van der Waals surface area contributed by atoms with E-state index in [2.05, 4.69) is 57.1 Å². The van der Waals surface area contributed by atoms with Crippen LogP contribution in [0.2, 0.25) is 0 Å². The van der Waals surface area contributed by atoms with Crippen LogP contribution in [0.5, 0.6) is 5.75 Å². The van der Waals surface area contributed by atoms with Gasteiger partial charge in [0.1, 0.15) is 5.75 Å². The molecule has 1 heterocycles. The Kier molecular flexibility index (Phi) is 8.96. The molecule has 7 heteroatoms. The molecule has 0 unspecified atom stereocenters. The summed E-state index contributed by atoms with van der Waals surface area (Å²) in [6.07, 6.45) is 2.29. The number of amides is 1. The number of ether oxygens (including phenoxy) is 1. The molecule has 0 bridgehead atoms. The average Bonchev–Trinajstić information content (AvgIpc) is 3.18. The Morgan fingerprint density at radius 3 is 2.53 bits per heavy atom. The van der Waals surface area contributed by atoms with Gasteiger partial charge in [-0.25, -0.2) is 4.98 Å². The van der Waals surface area contributed by atoms with Crippen LogP contribution in [0.15, 0.2) is 41.3 Å². The van der Waals surface area contributed by atoms with Crippen LogP contribution in [0.25, 0.3) is 10.2 Å². The Morgan fingerprint density at radius 1 is 1.09 bits per heavy atom. The first-order chi connectivity index (χ1) is 15.4. The molecule has 2 aromatic carbocycles. The Hall–Kier alpha value is -2.09. The van der Waals surface area contributed by atoms with Crippen molar-refractivity contribution >= 4 is 44.4 Å². The zero-order valence-electron chi connectivity index (χ0n) is 19.7. The number of carbonyl (C=O) groups is 1. The van der Waals surface area contributed by atoms with Crippen molar-refractivity contribution in [2.45, 2.75) is 38.0 Å². The van der Waals surface area contributed by atoms with Gasteiger partial charge in [-0.3, -0.25) is 9.69 Å². The second-order valence-electron chi connectivity index (χ2n) is 8.26. The van der Waals surface area contributed by atoms with Crippen LogP contribution in [0.1, 0.15) is 30.4 Å². The second-order valence-corrected chi connectivity index (χ2v) is 10.4. The lowest BCUT2D eigenvalue weighted by Crippen LogP contribution is -2.33. The molecule has 0 aliphatic rings. The molecule has 3 aromatic rings. The van der Waals surface area contributed by atoms with Crippen molar-refractivity contribution in [2.24, 2.45) is 0 Å². The van der Waals surface area contributed by atoms with Crippen LogP contribution < -0.4 is 9.64 Å². The maximum atomic E-state index is 13.2. The van der Waals surface area contributed by atoms with Crippen LogP contribution in [-0.2, 0) is 4.79 Å². The number of thioether (sulfide) groups is 1. The van der Waals surface area contributed by atoms with Crippen molar-refractivity contribution in [3.05, 3.63) is 47.5 Å². The third-order valence-corrected chi connectivity index (χ3v) is 7.52. The molecule has 0 spiro atoms. The summed E-state index contributed by atoms with van der Waals surface area (Å²) in [6, 6.07) is 12.3. The van der Waals surface area contributed by atoms with Gasteiger partial charge in [0.25, 0.3) is 0 Å². The summed E-state index contributed by atoms with van der Waals surface area (Å²) in [5.74, 6) is 1.92. The van der Waals surface area contributed by atoms with Gasteiger partial charge in [0, 0.05) is 17.9 Å². The summed E-state index contributed by atoms with van der Waals surface area (Å²) in [4.78, 5) is 23.3. The average molecular weight is 472 g/mol. The second kappa shape index (κ2) is 11.7. The summed E-state index contributed by atoms with van der Waals surface area (Å²) in [7, 11) is 5.80. The molecule has 5 nitrogen and oxygen atoms in total. The number of hydrogen-bond acceptors (Lipinski definition) is 6. The minimum Gasteiger partial charge on any atom is -0.497 e. The predicted octanol–water partition coefficient (Wildman–Crippen LogP) is 5.78. The number of methoxy groups -OCH3 is 1. The first-order valence-corrected chi connectivity index (χ1v) is 12.8. The van der Waals surface area contributed by atoms with Crippen LogP contribution in [0, 0.1) is 13.8 Å². The molecule has 172 valence electrons. The zero-order chi connectivity index (χ0) is 23.1. The number of aryl methyl sites for hydroxylation is 2. The number of nitrogens with zero attached hydrogens (tertiary/aromatic N) is 3. The largest absolute Gasteiger partial charge is 0.497 e. The van der Waals surface area contributed by atoms with E-state index in [1.165, 1.54) is 20.7 Å². The number of fused-ring (bicyclic) bond motifs is 1. The van der Waals surface area contributed by atoms with Crippen molar-refractivity contribution < 1.29 is 9.53 Å². The molecule has 0 atom stereocenters. The molecule has 0 saturated heterocycles. The molecule has 0 aliphatic carbocycles. The first-order valence-electron chi connectivity index (χ1n) is 11.0. The highest BCUT2D eigenvalue weighted by Gasteiger charge is 2.20. The molecule has 0 N–H and O–H groups in total. The summed E-state index contributed by atoms with van der Waals surface area (Å²) in [6.45, 7) is 5.85. The molecule has 1 amide bonds. The predicted molar refractivity (Wildman–Crippen MR) is 138 cm³/mol. The number of benzene rings is 2. The van der Waals surface area contributed by atoms with Gasteiger partial charge in [0.05, 0.1) is 17.3 Å². The van der Waals surface area contributed by atoms with Crippen molar-refractivity contribution in [2.75, 3.05) is 44.9 Å². The van der Waals surface area contributed by atoms with Gasteiger partial charge in [0.2, 0.25) is 5.91 Å². The van der Waals surface area contributed by atoms with E-state index in [4.69, 9.17) is 9.72 Å². The van der Waals surface area contributed by atoms with Crippen LogP contribution in [0.4, 0.5) is 5.13 Å². The van der Waals surface area contributed by atoms with E-state index in [0.29, 0.717) is 13.0 Å². The molecule has 0 fully saturated rings. The Morgan fingerprint density at radius 2 is 1.84 bits per heavy atom. The van der Waals surface area contributed by atoms with E-state index in [1.807, 2.05) is 17.0 Å². The van der Waals surface area contributed by atoms with Crippen molar-refractivity contribution in [1.82, 2.24) is 9.88 Å². The van der Waals surface area contributed by atoms with E-state index >= 15 is 0 Å². The lowest BCUT2D eigenvalue weighted by atomic mass is 10.1. The Balaban J connectivity index is 1.64. The number of rotatable bonds is 11. The Bertz CT molecular complexity index is 1030. The van der Waals surface area contributed by atoms with Gasteiger partial charge < -0.3 is 9.64 Å². The smallest absolute Gasteiger partial charge is 0.228 e.